The second-order valence-corrected chi connectivity index (χ2v) is 9.21. The van der Waals surface area contributed by atoms with Crippen molar-refractivity contribution in [2.45, 2.75) is 26.4 Å². The lowest BCUT2D eigenvalue weighted by atomic mass is 10.2. The summed E-state index contributed by atoms with van der Waals surface area (Å²) in [5.41, 5.74) is 4.26. The molecule has 0 rings (SSSR count). The molecule has 0 aliphatic rings. The molecule has 7 heteroatoms. The van der Waals surface area contributed by atoms with Crippen LogP contribution in [0.5, 0.6) is 0 Å². The van der Waals surface area contributed by atoms with E-state index in [4.69, 9.17) is 5.73 Å². The van der Waals surface area contributed by atoms with Gasteiger partial charge in [0.2, 0.25) is 0 Å². The van der Waals surface area contributed by atoms with Gasteiger partial charge >= 0.3 is 9.28 Å². The predicted octanol–water partition coefficient (Wildman–Crippen LogP) is 3.04. The Bertz CT molecular complexity index is 134. The van der Waals surface area contributed by atoms with Gasteiger partial charge < -0.3 is 10.5 Å². The van der Waals surface area contributed by atoms with Gasteiger partial charge in [-0.05, 0) is 20.8 Å². The fourth-order valence-electron chi connectivity index (χ4n) is 0.302. The van der Waals surface area contributed by atoms with Crippen molar-refractivity contribution in [3.63, 3.8) is 0 Å². The minimum atomic E-state index is -0.725. The molecule has 0 saturated heterocycles. The number of carbonyl (C=O) groups is 1. The van der Waals surface area contributed by atoms with Crippen molar-refractivity contribution in [3.8, 4) is 0 Å². The quantitative estimate of drug-likeness (QED) is 0.669. The molecule has 0 atom stereocenters. The maximum atomic E-state index is 10.0. The van der Waals surface area contributed by atoms with Crippen LogP contribution < -0.4 is 5.73 Å². The van der Waals surface area contributed by atoms with Gasteiger partial charge in [0.25, 0.3) is 0 Å². The van der Waals surface area contributed by atoms with Crippen LogP contribution in [0.15, 0.2) is 0 Å². The van der Waals surface area contributed by atoms with E-state index in [2.05, 4.69) is 52.0 Å². The molecule has 0 fully saturated rings. The Balaban J connectivity index is 0. The van der Waals surface area contributed by atoms with E-state index in [1.807, 2.05) is 0 Å². The van der Waals surface area contributed by atoms with Crippen molar-refractivity contribution >= 4 is 56.5 Å². The molecule has 0 saturated carbocycles. The lowest BCUT2D eigenvalue weighted by Gasteiger charge is -2.16. The van der Waals surface area contributed by atoms with Gasteiger partial charge in [-0.15, -0.1) is 47.3 Å². The molecular weight excluding hydrogens is 357 g/mol. The average Bonchev–Trinajstić information content (AvgIpc) is 1.52. The topological polar surface area (TPSA) is 52.3 Å². The van der Waals surface area contributed by atoms with E-state index in [1.165, 1.54) is 0 Å². The Kier molecular flexibility index (Phi) is 9.16. The minimum Gasteiger partial charge on any atom is -0.444 e. The van der Waals surface area contributed by atoms with Crippen LogP contribution in [0.4, 0.5) is 4.79 Å². The van der Waals surface area contributed by atoms with Crippen molar-refractivity contribution in [1.82, 2.24) is 0 Å². The summed E-state index contributed by atoms with van der Waals surface area (Å²) in [5.74, 6) is 0. The molecule has 2 N–H and O–H groups in total. The number of nitrogens with two attached hydrogens (primary N) is 1. The highest BCUT2D eigenvalue weighted by molar-refractivity contribution is 9.69. The largest absolute Gasteiger partial charge is 0.444 e. The van der Waals surface area contributed by atoms with Crippen LogP contribution in [0.25, 0.3) is 0 Å². The summed E-state index contributed by atoms with van der Waals surface area (Å²) in [6.45, 7) is 5.28. The zero-order chi connectivity index (χ0) is 10.4. The Labute approximate surface area is 97.8 Å². The third-order valence-electron chi connectivity index (χ3n) is 0.407. The molecule has 1 amide bonds. The van der Waals surface area contributed by atoms with Crippen LogP contribution in [0.1, 0.15) is 20.8 Å². The van der Waals surface area contributed by atoms with Crippen molar-refractivity contribution in [2.75, 3.05) is 0 Å². The maximum Gasteiger partial charge on any atom is 0.405 e. The van der Waals surface area contributed by atoms with E-state index in [-0.39, 0.29) is 3.18 Å². The summed E-state index contributed by atoms with van der Waals surface area (Å²) in [5, 5.41) is 0. The fourth-order valence-corrected chi connectivity index (χ4v) is 0.302. The normalized spacial score (nSPS) is 9.50. The van der Waals surface area contributed by atoms with Gasteiger partial charge in [0.15, 0.2) is 0 Å². The van der Waals surface area contributed by atoms with Crippen molar-refractivity contribution < 1.29 is 9.53 Å². The molecule has 0 radical (unpaired) electrons. The summed E-state index contributed by atoms with van der Waals surface area (Å²) < 4.78 is 4.85. The van der Waals surface area contributed by atoms with Crippen molar-refractivity contribution in [1.29, 1.82) is 0 Å². The molecule has 72 valence electrons. The third kappa shape index (κ3) is 30.9. The van der Waals surface area contributed by atoms with E-state index in [1.54, 1.807) is 20.8 Å². The highest BCUT2D eigenvalue weighted by Crippen LogP contribution is 2.07. The van der Waals surface area contributed by atoms with Crippen LogP contribution in [-0.2, 0) is 4.74 Å². The van der Waals surface area contributed by atoms with Crippen molar-refractivity contribution in [3.05, 3.63) is 0 Å². The Hall–Kier alpha value is 0.775. The SMILES string of the molecule is BrB(Br)Br.CC(C)(C)OC(N)=O. The average molecular weight is 368 g/mol. The lowest BCUT2D eigenvalue weighted by molar-refractivity contribution is 0.0600. The molecule has 0 aromatic rings. The first-order chi connectivity index (χ1) is 5.15. The number of hydrogen-bond donors (Lipinski definition) is 1. The van der Waals surface area contributed by atoms with Crippen LogP contribution in [0, 0.1) is 0 Å². The molecule has 3 nitrogen and oxygen atoms in total. The smallest absolute Gasteiger partial charge is 0.405 e. The molecule has 12 heavy (non-hydrogen) atoms. The summed E-state index contributed by atoms with van der Waals surface area (Å²) in [7, 11) is 0. The summed E-state index contributed by atoms with van der Waals surface area (Å²) in [4.78, 5) is 10.0. The van der Waals surface area contributed by atoms with E-state index in [0.717, 1.165) is 0 Å². The fraction of sp³-hybridized carbons (Fsp3) is 0.800. The van der Waals surface area contributed by atoms with Crippen LogP contribution in [0.2, 0.25) is 0 Å². The van der Waals surface area contributed by atoms with E-state index < -0.39 is 11.7 Å². The predicted molar refractivity (Wildman–Crippen MR) is 63.0 cm³/mol. The highest BCUT2D eigenvalue weighted by atomic mass is 79.9. The van der Waals surface area contributed by atoms with Crippen LogP contribution in [-0.4, -0.2) is 14.9 Å². The number of carbonyl (C=O) groups excluding carboxylic acids is 1. The van der Waals surface area contributed by atoms with Gasteiger partial charge in [0.05, 0.1) is 0 Å². The molecule has 0 heterocycles. The molecule has 0 aromatic heterocycles. The second kappa shape index (κ2) is 7.20. The summed E-state index contributed by atoms with van der Waals surface area (Å²) >= 11 is 9.31. The number of halogens is 3. The van der Waals surface area contributed by atoms with Crippen LogP contribution >= 0.6 is 47.3 Å². The third-order valence-corrected chi connectivity index (χ3v) is 0.407. The molecule has 0 bridgehead atoms. The number of amides is 1. The number of primary amides is 1. The summed E-state index contributed by atoms with van der Waals surface area (Å²) in [6, 6.07) is 0. The van der Waals surface area contributed by atoms with Gasteiger partial charge in [-0.3, -0.25) is 0 Å². The van der Waals surface area contributed by atoms with Gasteiger partial charge in [0.1, 0.15) is 5.60 Å². The van der Waals surface area contributed by atoms with E-state index in [9.17, 15) is 4.79 Å². The highest BCUT2D eigenvalue weighted by Gasteiger charge is 2.12. The summed E-state index contributed by atoms with van der Waals surface area (Å²) in [6.07, 6.45) is -0.725. The first-order valence-corrected chi connectivity index (χ1v) is 5.80. The first-order valence-electron chi connectivity index (χ1n) is 3.06. The van der Waals surface area contributed by atoms with E-state index >= 15 is 0 Å². The lowest BCUT2D eigenvalue weighted by Crippen LogP contribution is -2.27. The van der Waals surface area contributed by atoms with E-state index in [0.29, 0.717) is 0 Å². The number of rotatable bonds is 0. The van der Waals surface area contributed by atoms with Crippen molar-refractivity contribution in [2.24, 2.45) is 5.73 Å². The number of ether oxygens (including phenoxy) is 1. The standard InChI is InChI=1S/C5H11NO2.BBr3/c1-5(2,3)8-4(6)7;2-1(3)4/h1-3H3,(H2,6,7);. The Morgan fingerprint density at radius 1 is 1.33 bits per heavy atom. The number of hydrogen-bond acceptors (Lipinski definition) is 2. The van der Waals surface area contributed by atoms with Gasteiger partial charge in [0, 0.05) is 0 Å². The zero-order valence-electron chi connectivity index (χ0n) is 7.11. The zero-order valence-corrected chi connectivity index (χ0v) is 11.9. The molecule has 0 unspecified atom stereocenters. The minimum absolute atomic E-state index is 0.271. The molecule has 0 aromatic carbocycles. The second-order valence-electron chi connectivity index (χ2n) is 2.78. The van der Waals surface area contributed by atoms with Gasteiger partial charge in [-0.1, -0.05) is 0 Å². The Morgan fingerprint density at radius 2 is 1.58 bits per heavy atom. The molecule has 0 spiro atoms. The Morgan fingerprint density at radius 3 is 1.58 bits per heavy atom. The maximum absolute atomic E-state index is 10.0. The van der Waals surface area contributed by atoms with Gasteiger partial charge in [-0.25, -0.2) is 4.79 Å². The molecular formula is C5H11BBr3NO2. The molecule has 0 aliphatic heterocycles. The van der Waals surface area contributed by atoms with Gasteiger partial charge in [-0.2, -0.15) is 0 Å². The molecule has 0 aliphatic carbocycles. The first kappa shape index (κ1) is 15.3. The van der Waals surface area contributed by atoms with Crippen LogP contribution in [0.3, 0.4) is 0 Å². The monoisotopic (exact) mass is 365 g/mol.